The first-order chi connectivity index (χ1) is 15.1. The zero-order valence-corrected chi connectivity index (χ0v) is 18.2. The van der Waals surface area contributed by atoms with Crippen molar-refractivity contribution in [3.05, 3.63) is 35.9 Å². The van der Waals surface area contributed by atoms with E-state index in [-0.39, 0.29) is 6.54 Å². The van der Waals surface area contributed by atoms with Crippen LogP contribution in [0.4, 0.5) is 9.59 Å². The van der Waals surface area contributed by atoms with Gasteiger partial charge in [-0.1, -0.05) is 30.3 Å². The molecule has 0 saturated carbocycles. The summed E-state index contributed by atoms with van der Waals surface area (Å²) in [7, 11) is 0. The number of benzene rings is 1. The van der Waals surface area contributed by atoms with Crippen LogP contribution in [0.1, 0.15) is 25.5 Å². The molecule has 0 radical (unpaired) electrons. The standard InChI is InChI=1S/C20H23N5O6S/c1-20(2)13(17(28)29)25-15(27)12(16(25)32-20)22-14(26)11(10-6-4-3-5-7-10)23-19(31)24-9-8-21-18(24)30/h3-7,11-13,16H,8-9H2,1-2H3,(H,21,30)(H,22,26)(H,23,31)(H,28,29)/p-1/t11-,12+,13-,16-/m1/s1. The molecular formula is C20H22N5O6S-. The van der Waals surface area contributed by atoms with Crippen molar-refractivity contribution < 1.29 is 29.1 Å². The third-order valence-corrected chi connectivity index (χ3v) is 7.30. The Bertz CT molecular complexity index is 986. The number of amides is 6. The lowest BCUT2D eigenvalue weighted by Crippen LogP contribution is -2.72. The number of carbonyl (C=O) groups is 5. The van der Waals surface area contributed by atoms with Gasteiger partial charge in [0.2, 0.25) is 11.8 Å². The number of nitrogens with zero attached hydrogens (tertiary/aromatic N) is 2. The van der Waals surface area contributed by atoms with Gasteiger partial charge in [-0.05, 0) is 19.4 Å². The third-order valence-electron chi connectivity index (χ3n) is 5.73. The van der Waals surface area contributed by atoms with Gasteiger partial charge in [-0.3, -0.25) is 9.59 Å². The number of carbonyl (C=O) groups excluding carboxylic acids is 5. The molecule has 12 heteroatoms. The highest BCUT2D eigenvalue weighted by atomic mass is 32.2. The van der Waals surface area contributed by atoms with Crippen LogP contribution in [-0.4, -0.2) is 74.9 Å². The van der Waals surface area contributed by atoms with Crippen molar-refractivity contribution in [3.8, 4) is 0 Å². The molecule has 0 bridgehead atoms. The monoisotopic (exact) mass is 460 g/mol. The first kappa shape index (κ1) is 21.9. The predicted octanol–water partition coefficient (Wildman–Crippen LogP) is -1.24. The number of nitrogens with one attached hydrogen (secondary N) is 3. The summed E-state index contributed by atoms with van der Waals surface area (Å²) in [5.41, 5.74) is 0.466. The van der Waals surface area contributed by atoms with Crippen LogP contribution in [-0.2, 0) is 14.4 Å². The summed E-state index contributed by atoms with van der Waals surface area (Å²) in [5, 5.41) is 18.7. The molecule has 3 N–H and O–H groups in total. The molecule has 4 rings (SSSR count). The Morgan fingerprint density at radius 1 is 1.22 bits per heavy atom. The van der Waals surface area contributed by atoms with Gasteiger partial charge in [0.25, 0.3) is 0 Å². The smallest absolute Gasteiger partial charge is 0.326 e. The number of carboxylic acid groups (broad SMARTS) is 1. The Kier molecular flexibility index (Phi) is 5.49. The highest BCUT2D eigenvalue weighted by Gasteiger charge is 2.62. The fraction of sp³-hybridized carbons (Fsp3) is 0.450. The van der Waals surface area contributed by atoms with Gasteiger partial charge in [-0.2, -0.15) is 0 Å². The maximum atomic E-state index is 13.1. The normalized spacial score (nSPS) is 26.6. The van der Waals surface area contributed by atoms with Crippen LogP contribution in [0.3, 0.4) is 0 Å². The summed E-state index contributed by atoms with van der Waals surface area (Å²) < 4.78 is -0.783. The summed E-state index contributed by atoms with van der Waals surface area (Å²) in [6, 6.07) is 3.93. The van der Waals surface area contributed by atoms with Crippen LogP contribution >= 0.6 is 11.8 Å². The molecule has 0 unspecified atom stereocenters. The van der Waals surface area contributed by atoms with Crippen molar-refractivity contribution in [1.29, 1.82) is 0 Å². The summed E-state index contributed by atoms with van der Waals surface area (Å²) in [6.07, 6.45) is 0. The van der Waals surface area contributed by atoms with Crippen LogP contribution in [0.15, 0.2) is 30.3 Å². The molecule has 3 saturated heterocycles. The molecule has 3 aliphatic rings. The molecule has 1 aromatic rings. The molecule has 3 aliphatic heterocycles. The first-order valence-corrected chi connectivity index (χ1v) is 10.9. The van der Waals surface area contributed by atoms with E-state index in [4.69, 9.17) is 0 Å². The minimum Gasteiger partial charge on any atom is -0.548 e. The zero-order chi connectivity index (χ0) is 23.2. The van der Waals surface area contributed by atoms with Crippen molar-refractivity contribution in [1.82, 2.24) is 25.8 Å². The molecule has 4 atom stereocenters. The summed E-state index contributed by atoms with van der Waals surface area (Å²) in [5.74, 6) is -2.51. The Balaban J connectivity index is 1.51. The van der Waals surface area contributed by atoms with E-state index < -0.39 is 58.1 Å². The fourth-order valence-corrected chi connectivity index (χ4v) is 5.80. The maximum absolute atomic E-state index is 13.1. The molecule has 11 nitrogen and oxygen atoms in total. The number of urea groups is 2. The number of thioether (sulfide) groups is 1. The largest absolute Gasteiger partial charge is 0.548 e. The van der Waals surface area contributed by atoms with Crippen molar-refractivity contribution >= 4 is 41.6 Å². The van der Waals surface area contributed by atoms with E-state index in [0.29, 0.717) is 12.1 Å². The molecule has 1 aromatic carbocycles. The van der Waals surface area contributed by atoms with Crippen LogP contribution in [0.5, 0.6) is 0 Å². The molecular weight excluding hydrogens is 438 g/mol. The van der Waals surface area contributed by atoms with Crippen molar-refractivity contribution in [2.24, 2.45) is 0 Å². The van der Waals surface area contributed by atoms with Gasteiger partial charge in [0.1, 0.15) is 17.5 Å². The number of carboxylic acids is 1. The van der Waals surface area contributed by atoms with Crippen molar-refractivity contribution in [2.45, 2.75) is 42.1 Å². The number of aliphatic carboxylic acids is 1. The summed E-state index contributed by atoms with van der Waals surface area (Å²) in [4.78, 5) is 63.9. The SMILES string of the molecule is CC1(C)S[C@@H]2[C@@H](NC(=O)[C@H](NC(=O)N3CCNC3=O)c3ccccc3)C(=O)N2[C@@H]1C(=O)[O-]. The van der Waals surface area contributed by atoms with E-state index in [2.05, 4.69) is 16.0 Å². The summed E-state index contributed by atoms with van der Waals surface area (Å²) in [6.45, 7) is 3.89. The lowest BCUT2D eigenvalue weighted by molar-refractivity contribution is -0.312. The number of imide groups is 1. The molecule has 0 aliphatic carbocycles. The van der Waals surface area contributed by atoms with Gasteiger partial charge >= 0.3 is 12.1 Å². The first-order valence-electron chi connectivity index (χ1n) is 10.0. The summed E-state index contributed by atoms with van der Waals surface area (Å²) >= 11 is 1.27. The zero-order valence-electron chi connectivity index (χ0n) is 17.4. The van der Waals surface area contributed by atoms with E-state index in [1.165, 1.54) is 16.7 Å². The predicted molar refractivity (Wildman–Crippen MR) is 111 cm³/mol. The Morgan fingerprint density at radius 3 is 2.50 bits per heavy atom. The number of rotatable bonds is 5. The Labute approximate surface area is 187 Å². The minimum atomic E-state index is -1.35. The minimum absolute atomic E-state index is 0.169. The molecule has 32 heavy (non-hydrogen) atoms. The van der Waals surface area contributed by atoms with Gasteiger partial charge in [0.05, 0.1) is 12.0 Å². The number of hydrogen-bond acceptors (Lipinski definition) is 7. The average molecular weight is 460 g/mol. The molecule has 170 valence electrons. The molecule has 3 heterocycles. The van der Waals surface area contributed by atoms with E-state index in [0.717, 1.165) is 4.90 Å². The third kappa shape index (κ3) is 3.64. The Morgan fingerprint density at radius 2 is 1.91 bits per heavy atom. The number of fused-ring (bicyclic) bond motifs is 1. The van der Waals surface area contributed by atoms with Gasteiger partial charge < -0.3 is 30.8 Å². The topological polar surface area (TPSA) is 151 Å². The lowest BCUT2D eigenvalue weighted by Gasteiger charge is -2.45. The highest BCUT2D eigenvalue weighted by molar-refractivity contribution is 8.01. The van der Waals surface area contributed by atoms with Crippen LogP contribution in [0.25, 0.3) is 0 Å². The second-order valence-corrected chi connectivity index (χ2v) is 10.0. The van der Waals surface area contributed by atoms with Gasteiger partial charge in [0.15, 0.2) is 0 Å². The quantitative estimate of drug-likeness (QED) is 0.465. The molecule has 0 spiro atoms. The number of β-lactam (4-membered cyclic amide) rings is 1. The van der Waals surface area contributed by atoms with E-state index in [1.807, 2.05) is 0 Å². The molecule has 0 aromatic heterocycles. The van der Waals surface area contributed by atoms with Crippen molar-refractivity contribution in [2.75, 3.05) is 13.1 Å². The highest BCUT2D eigenvalue weighted by Crippen LogP contribution is 2.50. The number of hydrogen-bond donors (Lipinski definition) is 3. The Hall–Kier alpha value is -3.28. The van der Waals surface area contributed by atoms with E-state index in [9.17, 15) is 29.1 Å². The van der Waals surface area contributed by atoms with E-state index in [1.54, 1.807) is 44.2 Å². The van der Waals surface area contributed by atoms with Crippen molar-refractivity contribution in [3.63, 3.8) is 0 Å². The molecule has 3 fully saturated rings. The van der Waals surface area contributed by atoms with Gasteiger partial charge in [-0.25, -0.2) is 14.5 Å². The van der Waals surface area contributed by atoms with Gasteiger partial charge in [0, 0.05) is 17.8 Å². The molecule has 6 amide bonds. The second kappa shape index (κ2) is 8.01. The fourth-order valence-electron chi connectivity index (χ4n) is 4.18. The average Bonchev–Trinajstić information content (AvgIpc) is 3.29. The maximum Gasteiger partial charge on any atom is 0.326 e. The van der Waals surface area contributed by atoms with Gasteiger partial charge in [-0.15, -0.1) is 11.8 Å². The van der Waals surface area contributed by atoms with E-state index >= 15 is 0 Å². The van der Waals surface area contributed by atoms with Crippen LogP contribution < -0.4 is 21.1 Å². The van der Waals surface area contributed by atoms with Crippen LogP contribution in [0, 0.1) is 0 Å². The van der Waals surface area contributed by atoms with Crippen LogP contribution in [0.2, 0.25) is 0 Å². The lowest BCUT2D eigenvalue weighted by atomic mass is 9.95. The second-order valence-electron chi connectivity index (χ2n) is 8.24.